The van der Waals surface area contributed by atoms with Crippen molar-refractivity contribution in [2.45, 2.75) is 19.4 Å². The van der Waals surface area contributed by atoms with Crippen molar-refractivity contribution in [3.8, 4) is 5.75 Å². The second-order valence-corrected chi connectivity index (χ2v) is 5.75. The summed E-state index contributed by atoms with van der Waals surface area (Å²) in [6, 6.07) is 15.5. The molecule has 1 unspecified atom stereocenters. The molecule has 2 aromatic carbocycles. The number of ketones is 2. The Morgan fingerprint density at radius 3 is 2.15 bits per heavy atom. The van der Waals surface area contributed by atoms with Gasteiger partial charge in [0, 0.05) is 11.1 Å². The maximum absolute atomic E-state index is 12.3. The first-order valence-corrected chi connectivity index (χ1v) is 8.11. The summed E-state index contributed by atoms with van der Waals surface area (Å²) in [5.74, 6) is -0.593. The molecule has 6 nitrogen and oxygen atoms in total. The number of hydrogen-bond donors (Lipinski definition) is 1. The van der Waals surface area contributed by atoms with Crippen LogP contribution in [-0.2, 0) is 14.3 Å². The van der Waals surface area contributed by atoms with Crippen molar-refractivity contribution >= 4 is 17.5 Å². The highest BCUT2D eigenvalue weighted by Crippen LogP contribution is 2.15. The number of aliphatic hydroxyl groups excluding tert-OH is 1. The van der Waals surface area contributed by atoms with Crippen LogP contribution in [0.3, 0.4) is 0 Å². The van der Waals surface area contributed by atoms with Crippen molar-refractivity contribution in [1.82, 2.24) is 0 Å². The smallest absolute Gasteiger partial charge is 0.313 e. The van der Waals surface area contributed by atoms with E-state index in [1.165, 1.54) is 6.92 Å². The Hall–Kier alpha value is -2.99. The maximum atomic E-state index is 12.3. The first kappa shape index (κ1) is 19.3. The molecule has 0 radical (unpaired) electrons. The Morgan fingerprint density at radius 1 is 0.923 bits per heavy atom. The van der Waals surface area contributed by atoms with E-state index in [4.69, 9.17) is 9.47 Å². The van der Waals surface area contributed by atoms with Gasteiger partial charge in [0.15, 0.2) is 5.78 Å². The minimum Gasteiger partial charge on any atom is -0.491 e. The Kier molecular flexibility index (Phi) is 7.05. The van der Waals surface area contributed by atoms with Crippen LogP contribution in [-0.4, -0.2) is 42.0 Å². The predicted octanol–water partition coefficient (Wildman–Crippen LogP) is 2.18. The van der Waals surface area contributed by atoms with Gasteiger partial charge >= 0.3 is 5.97 Å². The Balaban J connectivity index is 1.81. The molecule has 2 rings (SSSR count). The molecule has 0 fully saturated rings. The molecule has 1 atom stereocenters. The number of rotatable bonds is 9. The molecular weight excluding hydrogens is 336 g/mol. The molecule has 0 saturated heterocycles. The minimum absolute atomic E-state index is 0.0840. The third kappa shape index (κ3) is 6.14. The lowest BCUT2D eigenvalue weighted by Crippen LogP contribution is -2.25. The molecule has 0 aliphatic carbocycles. The summed E-state index contributed by atoms with van der Waals surface area (Å²) in [5, 5.41) is 9.74. The molecule has 136 valence electrons. The van der Waals surface area contributed by atoms with Crippen LogP contribution in [0.5, 0.6) is 5.75 Å². The first-order valence-electron chi connectivity index (χ1n) is 8.11. The summed E-state index contributed by atoms with van der Waals surface area (Å²) in [6.45, 7) is 0.947. The van der Waals surface area contributed by atoms with Crippen LogP contribution < -0.4 is 4.74 Å². The van der Waals surface area contributed by atoms with Gasteiger partial charge < -0.3 is 14.6 Å². The van der Waals surface area contributed by atoms with Crippen molar-refractivity contribution in [2.75, 3.05) is 13.2 Å². The second-order valence-electron chi connectivity index (χ2n) is 5.75. The summed E-state index contributed by atoms with van der Waals surface area (Å²) < 4.78 is 10.2. The second kappa shape index (κ2) is 9.48. The van der Waals surface area contributed by atoms with Gasteiger partial charge in [0.05, 0.1) is 0 Å². The molecule has 0 aliphatic heterocycles. The Morgan fingerprint density at radius 2 is 1.54 bits per heavy atom. The zero-order chi connectivity index (χ0) is 18.9. The van der Waals surface area contributed by atoms with E-state index in [1.807, 2.05) is 6.07 Å². The molecule has 0 aliphatic rings. The first-order chi connectivity index (χ1) is 12.5. The van der Waals surface area contributed by atoms with Crippen LogP contribution >= 0.6 is 0 Å². The van der Waals surface area contributed by atoms with Gasteiger partial charge in [-0.15, -0.1) is 0 Å². The van der Waals surface area contributed by atoms with E-state index in [1.54, 1.807) is 48.5 Å². The average Bonchev–Trinajstić information content (AvgIpc) is 2.64. The van der Waals surface area contributed by atoms with E-state index < -0.39 is 12.1 Å². The molecule has 0 amide bonds. The molecule has 0 saturated carbocycles. The van der Waals surface area contributed by atoms with Gasteiger partial charge in [-0.3, -0.25) is 14.4 Å². The molecular formula is C20H20O6. The third-order valence-corrected chi connectivity index (χ3v) is 3.42. The van der Waals surface area contributed by atoms with E-state index in [0.717, 1.165) is 0 Å². The van der Waals surface area contributed by atoms with Gasteiger partial charge in [-0.25, -0.2) is 0 Å². The maximum Gasteiger partial charge on any atom is 0.313 e. The van der Waals surface area contributed by atoms with E-state index >= 15 is 0 Å². The van der Waals surface area contributed by atoms with Crippen molar-refractivity contribution in [1.29, 1.82) is 0 Å². The van der Waals surface area contributed by atoms with Crippen LogP contribution in [0.15, 0.2) is 54.6 Å². The van der Waals surface area contributed by atoms with Crippen LogP contribution in [0, 0.1) is 0 Å². The summed E-state index contributed by atoms with van der Waals surface area (Å²) in [4.78, 5) is 34.3. The average molecular weight is 356 g/mol. The molecule has 0 aromatic heterocycles. The minimum atomic E-state index is -1.02. The topological polar surface area (TPSA) is 89.9 Å². The summed E-state index contributed by atoms with van der Waals surface area (Å²) in [7, 11) is 0. The standard InChI is InChI=1S/C20H20O6/c1-14(21)11-19(23)26-13-17(22)12-25-18-9-7-16(8-10-18)20(24)15-5-3-2-4-6-15/h2-10,17,22H,11-13H2,1H3. The number of ether oxygens (including phenoxy) is 2. The lowest BCUT2D eigenvalue weighted by molar-refractivity contribution is -0.148. The largest absolute Gasteiger partial charge is 0.491 e. The number of benzene rings is 2. The van der Waals surface area contributed by atoms with Gasteiger partial charge in [-0.2, -0.15) is 0 Å². The van der Waals surface area contributed by atoms with Crippen LogP contribution in [0.25, 0.3) is 0 Å². The lowest BCUT2D eigenvalue weighted by atomic mass is 10.0. The summed E-state index contributed by atoms with van der Waals surface area (Å²) >= 11 is 0. The lowest BCUT2D eigenvalue weighted by Gasteiger charge is -2.13. The number of hydrogen-bond acceptors (Lipinski definition) is 6. The predicted molar refractivity (Wildman–Crippen MR) is 94.1 cm³/mol. The summed E-state index contributed by atoms with van der Waals surface area (Å²) in [5.41, 5.74) is 1.13. The SMILES string of the molecule is CC(=O)CC(=O)OCC(O)COc1ccc(C(=O)c2ccccc2)cc1. The number of Topliss-reactive ketones (excluding diaryl/α,β-unsaturated/α-hetero) is 1. The quantitative estimate of drug-likeness (QED) is 0.421. The van der Waals surface area contributed by atoms with Gasteiger partial charge in [-0.05, 0) is 31.2 Å². The van der Waals surface area contributed by atoms with Crippen LogP contribution in [0.1, 0.15) is 29.3 Å². The van der Waals surface area contributed by atoms with E-state index in [9.17, 15) is 19.5 Å². The van der Waals surface area contributed by atoms with Crippen molar-refractivity contribution in [3.05, 3.63) is 65.7 Å². The fraction of sp³-hybridized carbons (Fsp3) is 0.250. The van der Waals surface area contributed by atoms with Crippen molar-refractivity contribution in [3.63, 3.8) is 0 Å². The van der Waals surface area contributed by atoms with Gasteiger partial charge in [0.25, 0.3) is 0 Å². The van der Waals surface area contributed by atoms with E-state index in [-0.39, 0.29) is 31.2 Å². The number of esters is 1. The van der Waals surface area contributed by atoms with Gasteiger partial charge in [-0.1, -0.05) is 30.3 Å². The molecule has 0 bridgehead atoms. The highest BCUT2D eigenvalue weighted by atomic mass is 16.5. The van der Waals surface area contributed by atoms with Gasteiger partial charge in [0.1, 0.15) is 37.3 Å². The molecule has 0 heterocycles. The molecule has 26 heavy (non-hydrogen) atoms. The fourth-order valence-electron chi connectivity index (χ4n) is 2.14. The van der Waals surface area contributed by atoms with Gasteiger partial charge in [0.2, 0.25) is 0 Å². The van der Waals surface area contributed by atoms with E-state index in [2.05, 4.69) is 0 Å². The van der Waals surface area contributed by atoms with Crippen molar-refractivity contribution < 1.29 is 29.0 Å². The fourth-order valence-corrected chi connectivity index (χ4v) is 2.14. The third-order valence-electron chi connectivity index (χ3n) is 3.42. The van der Waals surface area contributed by atoms with Crippen LogP contribution in [0.2, 0.25) is 0 Å². The highest BCUT2D eigenvalue weighted by molar-refractivity contribution is 6.08. The molecule has 1 N–H and O–H groups in total. The monoisotopic (exact) mass is 356 g/mol. The normalized spacial score (nSPS) is 11.5. The highest BCUT2D eigenvalue weighted by Gasteiger charge is 2.12. The summed E-state index contributed by atoms with van der Waals surface area (Å²) in [6.07, 6.45) is -1.33. The molecule has 0 spiro atoms. The molecule has 2 aromatic rings. The number of aliphatic hydroxyl groups is 1. The Bertz CT molecular complexity index is 752. The Labute approximate surface area is 151 Å². The molecule has 6 heteroatoms. The van der Waals surface area contributed by atoms with Crippen LogP contribution in [0.4, 0.5) is 0 Å². The zero-order valence-electron chi connectivity index (χ0n) is 14.4. The number of carbonyl (C=O) groups excluding carboxylic acids is 3. The zero-order valence-corrected chi connectivity index (χ0v) is 14.4. The van der Waals surface area contributed by atoms with E-state index in [0.29, 0.717) is 16.9 Å². The number of carbonyl (C=O) groups is 3. The van der Waals surface area contributed by atoms with Crippen molar-refractivity contribution in [2.24, 2.45) is 0 Å².